The summed E-state index contributed by atoms with van der Waals surface area (Å²) in [4.78, 5) is 13.3. The molecule has 4 rings (SSSR count). The molecule has 2 heterocycles. The first-order valence-corrected chi connectivity index (χ1v) is 15.6. The normalized spacial score (nSPS) is 31.2. The monoisotopic (exact) mass is 576 g/mol. The van der Waals surface area contributed by atoms with Gasteiger partial charge in [-0.3, -0.25) is 4.79 Å². The molecule has 2 aliphatic rings. The van der Waals surface area contributed by atoms with E-state index < -0.39 is 41.3 Å². The van der Waals surface area contributed by atoms with Gasteiger partial charge in [0.05, 0.1) is 17.5 Å². The molecule has 7 nitrogen and oxygen atoms in total. The van der Waals surface area contributed by atoms with Crippen LogP contribution in [0.1, 0.15) is 38.2 Å². The lowest BCUT2D eigenvalue weighted by molar-refractivity contribution is -0.205. The highest BCUT2D eigenvalue weighted by Crippen LogP contribution is 2.30. The highest BCUT2D eigenvalue weighted by Gasteiger charge is 2.48. The predicted molar refractivity (Wildman–Crippen MR) is 157 cm³/mol. The number of alkyl halides is 1. The summed E-state index contributed by atoms with van der Waals surface area (Å²) in [7, 11) is 0. The molecular formula is C30H41ClN2O5S. The van der Waals surface area contributed by atoms with Gasteiger partial charge in [-0.25, -0.2) is 0 Å². The molecule has 39 heavy (non-hydrogen) atoms. The number of hydrogen-bond donors (Lipinski definition) is 5. The first-order valence-electron chi connectivity index (χ1n) is 13.8. The van der Waals surface area contributed by atoms with E-state index in [-0.39, 0.29) is 11.9 Å². The Labute approximate surface area is 240 Å². The van der Waals surface area contributed by atoms with Crippen molar-refractivity contribution in [3.05, 3.63) is 60.2 Å². The van der Waals surface area contributed by atoms with Crippen LogP contribution in [0.4, 0.5) is 0 Å². The van der Waals surface area contributed by atoms with Crippen LogP contribution >= 0.6 is 23.4 Å². The molecule has 214 valence electrons. The van der Waals surface area contributed by atoms with Gasteiger partial charge in [0.15, 0.2) is 0 Å². The SMILES string of the molecule is CSC1O[C@H]([C@H](NC(=O)[C@@H]2CC[C@H](CCc3ccc(-c4ccccc4)cc3)CCN2)[C@H](C)Cl)C(O)C(O)[C@H]1O. The van der Waals surface area contributed by atoms with E-state index in [2.05, 4.69) is 59.2 Å². The summed E-state index contributed by atoms with van der Waals surface area (Å²) in [5, 5.41) is 36.9. The fraction of sp³-hybridized carbons (Fsp3) is 0.567. The number of amides is 1. The third-order valence-electron chi connectivity index (χ3n) is 8.02. The number of thioether (sulfide) groups is 1. The van der Waals surface area contributed by atoms with E-state index in [9.17, 15) is 20.1 Å². The van der Waals surface area contributed by atoms with Crippen molar-refractivity contribution in [3.63, 3.8) is 0 Å². The Hall–Kier alpha value is -1.65. The maximum absolute atomic E-state index is 13.3. The third kappa shape index (κ3) is 7.76. The van der Waals surface area contributed by atoms with Crippen molar-refractivity contribution in [2.24, 2.45) is 5.92 Å². The highest BCUT2D eigenvalue weighted by atomic mass is 35.5. The van der Waals surface area contributed by atoms with Gasteiger partial charge in [-0.2, -0.15) is 0 Å². The maximum Gasteiger partial charge on any atom is 0.237 e. The van der Waals surface area contributed by atoms with Crippen molar-refractivity contribution in [2.45, 2.75) is 86.3 Å². The number of carbonyl (C=O) groups is 1. The molecule has 5 N–H and O–H groups in total. The standard InChI is InChI=1S/C30H41ClN2O5S/c1-18(31)24(28-26(35)25(34)27(36)30(38-28)39-2)33-29(37)23-15-12-20(16-17-32-23)9-8-19-10-13-22(14-11-19)21-6-4-3-5-7-21/h3-7,10-11,13-14,18,20,23-28,30,32,34-36H,8-9,12,15-17H2,1-2H3,(H,33,37)/t18-,20-,23-,24+,25?,26?,27+,28+,30?/m0/s1. The molecule has 2 saturated heterocycles. The van der Waals surface area contributed by atoms with E-state index >= 15 is 0 Å². The third-order valence-corrected chi connectivity index (χ3v) is 9.15. The van der Waals surface area contributed by atoms with E-state index in [0.717, 1.165) is 32.2 Å². The van der Waals surface area contributed by atoms with Crippen LogP contribution in [0.25, 0.3) is 11.1 Å². The van der Waals surface area contributed by atoms with Crippen LogP contribution in [0.3, 0.4) is 0 Å². The molecule has 2 aromatic carbocycles. The van der Waals surface area contributed by atoms with Crippen molar-refractivity contribution < 1.29 is 24.9 Å². The number of aliphatic hydroxyl groups excluding tert-OH is 3. The minimum atomic E-state index is -1.39. The Kier molecular flexibility index (Phi) is 11.1. The molecule has 3 unspecified atom stereocenters. The van der Waals surface area contributed by atoms with E-state index in [4.69, 9.17) is 16.3 Å². The molecule has 9 heteroatoms. The molecule has 0 aliphatic carbocycles. The zero-order valence-electron chi connectivity index (χ0n) is 22.6. The van der Waals surface area contributed by atoms with E-state index in [1.807, 2.05) is 6.07 Å². The van der Waals surface area contributed by atoms with Gasteiger partial charge in [-0.05, 0) is 74.4 Å². The number of aryl methyl sites for hydroxylation is 1. The average Bonchev–Trinajstić information content (AvgIpc) is 3.20. The van der Waals surface area contributed by atoms with Crippen molar-refractivity contribution in [3.8, 4) is 11.1 Å². The summed E-state index contributed by atoms with van der Waals surface area (Å²) in [5.74, 6) is 0.330. The maximum atomic E-state index is 13.3. The van der Waals surface area contributed by atoms with Gasteiger partial charge in [0.25, 0.3) is 0 Å². The largest absolute Gasteiger partial charge is 0.388 e. The van der Waals surface area contributed by atoms with Gasteiger partial charge >= 0.3 is 0 Å². The quantitative estimate of drug-likeness (QED) is 0.291. The van der Waals surface area contributed by atoms with Gasteiger partial charge in [0.2, 0.25) is 5.91 Å². The minimum Gasteiger partial charge on any atom is -0.388 e. The van der Waals surface area contributed by atoms with Crippen molar-refractivity contribution in [1.82, 2.24) is 10.6 Å². The summed E-state index contributed by atoms with van der Waals surface area (Å²) >= 11 is 7.66. The second kappa shape index (κ2) is 14.3. The average molecular weight is 577 g/mol. The lowest BCUT2D eigenvalue weighted by Gasteiger charge is -2.44. The molecule has 2 fully saturated rings. The summed E-state index contributed by atoms with van der Waals surface area (Å²) in [5.41, 5.74) is 3.03. The van der Waals surface area contributed by atoms with Gasteiger partial charge in [0.1, 0.15) is 29.9 Å². The van der Waals surface area contributed by atoms with E-state index in [0.29, 0.717) is 12.3 Å². The zero-order valence-corrected chi connectivity index (χ0v) is 24.2. The van der Waals surface area contributed by atoms with Crippen LogP contribution in [0.2, 0.25) is 0 Å². The first-order chi connectivity index (χ1) is 18.8. The van der Waals surface area contributed by atoms with Gasteiger partial charge < -0.3 is 30.7 Å². The molecule has 0 saturated carbocycles. The molecule has 9 atom stereocenters. The van der Waals surface area contributed by atoms with Crippen LogP contribution in [-0.4, -0.2) is 81.3 Å². The molecule has 2 aromatic rings. The predicted octanol–water partition coefficient (Wildman–Crippen LogP) is 3.33. The summed E-state index contributed by atoms with van der Waals surface area (Å²) in [6.45, 7) is 2.47. The molecule has 0 bridgehead atoms. The highest BCUT2D eigenvalue weighted by molar-refractivity contribution is 7.99. The number of benzene rings is 2. The Morgan fingerprint density at radius 2 is 1.72 bits per heavy atom. The van der Waals surface area contributed by atoms with E-state index in [1.54, 1.807) is 13.2 Å². The van der Waals surface area contributed by atoms with Crippen LogP contribution in [0, 0.1) is 5.92 Å². The van der Waals surface area contributed by atoms with Gasteiger partial charge in [-0.15, -0.1) is 23.4 Å². The van der Waals surface area contributed by atoms with Crippen molar-refractivity contribution in [2.75, 3.05) is 12.8 Å². The summed E-state index contributed by atoms with van der Waals surface area (Å²) in [6.07, 6.45) is 1.55. The van der Waals surface area contributed by atoms with Crippen molar-refractivity contribution in [1.29, 1.82) is 0 Å². The topological polar surface area (TPSA) is 111 Å². The zero-order chi connectivity index (χ0) is 27.9. The fourth-order valence-corrected chi connectivity index (χ4v) is 6.46. The van der Waals surface area contributed by atoms with Gasteiger partial charge in [0, 0.05) is 0 Å². The second-order valence-electron chi connectivity index (χ2n) is 10.7. The lowest BCUT2D eigenvalue weighted by atomic mass is 9.91. The number of ether oxygens (including phenoxy) is 1. The minimum absolute atomic E-state index is 0.193. The molecular weight excluding hydrogens is 536 g/mol. The molecule has 0 spiro atoms. The lowest BCUT2D eigenvalue weighted by Crippen LogP contribution is -2.65. The van der Waals surface area contributed by atoms with Crippen molar-refractivity contribution >= 4 is 29.3 Å². The Balaban J connectivity index is 1.29. The summed E-state index contributed by atoms with van der Waals surface area (Å²) < 4.78 is 5.87. The number of rotatable bonds is 9. The smallest absolute Gasteiger partial charge is 0.237 e. The molecule has 1 amide bonds. The number of carbonyl (C=O) groups excluding carboxylic acids is 1. The van der Waals surface area contributed by atoms with Crippen LogP contribution in [0.15, 0.2) is 54.6 Å². The second-order valence-corrected chi connectivity index (χ2v) is 12.4. The fourth-order valence-electron chi connectivity index (χ4n) is 5.58. The molecule has 0 aromatic heterocycles. The van der Waals surface area contributed by atoms with Crippen LogP contribution in [0.5, 0.6) is 0 Å². The Morgan fingerprint density at radius 1 is 1.03 bits per heavy atom. The van der Waals surface area contributed by atoms with E-state index in [1.165, 1.54) is 28.5 Å². The molecule has 0 radical (unpaired) electrons. The Morgan fingerprint density at radius 3 is 2.38 bits per heavy atom. The summed E-state index contributed by atoms with van der Waals surface area (Å²) in [6, 6.07) is 18.1. The van der Waals surface area contributed by atoms with Crippen LogP contribution < -0.4 is 10.6 Å². The molecule has 2 aliphatic heterocycles. The Bertz CT molecular complexity index is 1040. The number of nitrogens with one attached hydrogen (secondary N) is 2. The van der Waals surface area contributed by atoms with Gasteiger partial charge in [-0.1, -0.05) is 54.6 Å². The number of aliphatic hydroxyl groups is 3. The van der Waals surface area contributed by atoms with Crippen LogP contribution in [-0.2, 0) is 16.0 Å². The number of halogens is 1. The number of hydrogen-bond acceptors (Lipinski definition) is 7. The first kappa shape index (κ1) is 30.3.